The fourth-order valence-electron chi connectivity index (χ4n) is 3.70. The second-order valence-electron chi connectivity index (χ2n) is 6.81. The zero-order valence-electron chi connectivity index (χ0n) is 14.3. The maximum atomic E-state index is 12.7. The molecule has 0 atom stereocenters. The third kappa shape index (κ3) is 3.14. The molecule has 0 radical (unpaired) electrons. The lowest BCUT2D eigenvalue weighted by molar-refractivity contribution is 0.0992. The van der Waals surface area contributed by atoms with Crippen LogP contribution in [0.2, 0.25) is 0 Å². The molecule has 0 fully saturated rings. The van der Waals surface area contributed by atoms with E-state index in [0.29, 0.717) is 6.42 Å². The van der Waals surface area contributed by atoms with E-state index in [1.54, 1.807) is 0 Å². The average molecular weight is 304 g/mol. The third-order valence-electron chi connectivity index (χ3n) is 4.91. The minimum Gasteiger partial charge on any atom is -0.294 e. The fraction of sp³-hybridized carbons (Fsp3) is 0.318. The van der Waals surface area contributed by atoms with E-state index in [-0.39, 0.29) is 5.78 Å². The van der Waals surface area contributed by atoms with Crippen LogP contribution in [-0.4, -0.2) is 5.78 Å². The van der Waals surface area contributed by atoms with Gasteiger partial charge < -0.3 is 0 Å². The summed E-state index contributed by atoms with van der Waals surface area (Å²) in [5.41, 5.74) is 9.41. The first kappa shape index (κ1) is 15.7. The van der Waals surface area contributed by atoms with Crippen LogP contribution in [-0.2, 0) is 12.8 Å². The van der Waals surface area contributed by atoms with E-state index >= 15 is 0 Å². The Morgan fingerprint density at radius 3 is 2.43 bits per heavy atom. The molecule has 0 unspecified atom stereocenters. The molecule has 0 saturated heterocycles. The molecule has 0 N–H and O–H groups in total. The van der Waals surface area contributed by atoms with Gasteiger partial charge in [-0.3, -0.25) is 4.79 Å². The van der Waals surface area contributed by atoms with Crippen molar-refractivity contribution in [1.82, 2.24) is 0 Å². The molecule has 0 bridgehead atoms. The summed E-state index contributed by atoms with van der Waals surface area (Å²) >= 11 is 0. The van der Waals surface area contributed by atoms with Crippen LogP contribution in [0, 0.1) is 20.8 Å². The molecule has 1 aliphatic rings. The predicted octanol–water partition coefficient (Wildman–Crippen LogP) is 5.39. The van der Waals surface area contributed by atoms with Gasteiger partial charge in [0.05, 0.1) is 0 Å². The highest BCUT2D eigenvalue weighted by Crippen LogP contribution is 2.30. The number of ketones is 1. The summed E-state index contributed by atoms with van der Waals surface area (Å²) in [7, 11) is 0. The lowest BCUT2D eigenvalue weighted by atomic mass is 9.86. The molecule has 0 aromatic heterocycles. The molecule has 2 aromatic carbocycles. The Labute approximate surface area is 139 Å². The fourth-order valence-corrected chi connectivity index (χ4v) is 3.70. The largest absolute Gasteiger partial charge is 0.294 e. The van der Waals surface area contributed by atoms with Crippen molar-refractivity contribution in [3.05, 3.63) is 75.9 Å². The first-order chi connectivity index (χ1) is 11.0. The normalized spacial score (nSPS) is 13.8. The molecule has 1 aliphatic carbocycles. The number of hydrogen-bond donors (Lipinski definition) is 0. The van der Waals surface area contributed by atoms with Crippen molar-refractivity contribution in [3.8, 4) is 0 Å². The first-order valence-electron chi connectivity index (χ1n) is 8.36. The molecule has 0 amide bonds. The molecule has 23 heavy (non-hydrogen) atoms. The van der Waals surface area contributed by atoms with E-state index in [1.165, 1.54) is 39.0 Å². The number of fused-ring (bicyclic) bond motifs is 1. The maximum absolute atomic E-state index is 12.7. The highest BCUT2D eigenvalue weighted by Gasteiger charge is 2.16. The Morgan fingerprint density at radius 2 is 1.74 bits per heavy atom. The second-order valence-corrected chi connectivity index (χ2v) is 6.81. The van der Waals surface area contributed by atoms with Crippen LogP contribution in [0.25, 0.3) is 5.57 Å². The van der Waals surface area contributed by atoms with Crippen molar-refractivity contribution >= 4 is 11.4 Å². The number of carbonyl (C=O) groups is 1. The van der Waals surface area contributed by atoms with Crippen LogP contribution < -0.4 is 0 Å². The molecule has 3 rings (SSSR count). The first-order valence-corrected chi connectivity index (χ1v) is 8.36. The summed E-state index contributed by atoms with van der Waals surface area (Å²) in [6.45, 7) is 10.4. The monoisotopic (exact) mass is 304 g/mol. The Morgan fingerprint density at radius 1 is 1.04 bits per heavy atom. The summed E-state index contributed by atoms with van der Waals surface area (Å²) in [4.78, 5) is 12.7. The van der Waals surface area contributed by atoms with E-state index in [0.717, 1.165) is 24.8 Å². The number of carbonyl (C=O) groups excluding carboxylic acids is 1. The minimum atomic E-state index is 0.207. The van der Waals surface area contributed by atoms with Gasteiger partial charge in [-0.15, -0.1) is 0 Å². The van der Waals surface area contributed by atoms with Crippen LogP contribution in [0.4, 0.5) is 0 Å². The van der Waals surface area contributed by atoms with Gasteiger partial charge in [-0.05, 0) is 79.5 Å². The van der Waals surface area contributed by atoms with Crippen molar-refractivity contribution in [3.63, 3.8) is 0 Å². The summed E-state index contributed by atoms with van der Waals surface area (Å²) in [6, 6.07) is 10.5. The maximum Gasteiger partial charge on any atom is 0.167 e. The summed E-state index contributed by atoms with van der Waals surface area (Å²) in [5, 5.41) is 0. The topological polar surface area (TPSA) is 17.1 Å². The van der Waals surface area contributed by atoms with Crippen LogP contribution in [0.5, 0.6) is 0 Å². The van der Waals surface area contributed by atoms with Crippen LogP contribution in [0.1, 0.15) is 56.6 Å². The number of aryl methyl sites for hydroxylation is 4. The molecular weight excluding hydrogens is 280 g/mol. The second kappa shape index (κ2) is 6.16. The van der Waals surface area contributed by atoms with Crippen molar-refractivity contribution in [2.75, 3.05) is 0 Å². The van der Waals surface area contributed by atoms with Crippen molar-refractivity contribution in [2.24, 2.45) is 0 Å². The highest BCUT2D eigenvalue weighted by atomic mass is 16.1. The summed E-state index contributed by atoms with van der Waals surface area (Å²) in [6.07, 6.45) is 3.75. The minimum absolute atomic E-state index is 0.207. The average Bonchev–Trinajstić information content (AvgIpc) is 2.50. The van der Waals surface area contributed by atoms with Gasteiger partial charge in [0, 0.05) is 12.0 Å². The highest BCUT2D eigenvalue weighted by molar-refractivity contribution is 5.98. The van der Waals surface area contributed by atoms with Gasteiger partial charge in [0.25, 0.3) is 0 Å². The van der Waals surface area contributed by atoms with Gasteiger partial charge >= 0.3 is 0 Å². The molecule has 1 nitrogen and oxygen atoms in total. The number of rotatable bonds is 3. The van der Waals surface area contributed by atoms with E-state index in [9.17, 15) is 4.79 Å². The van der Waals surface area contributed by atoms with Crippen LogP contribution >= 0.6 is 0 Å². The predicted molar refractivity (Wildman–Crippen MR) is 97.1 cm³/mol. The lowest BCUT2D eigenvalue weighted by Gasteiger charge is -2.19. The Hall–Kier alpha value is -2.15. The number of Topliss-reactive ketones (excluding diaryl/α,β-unsaturated/α-hetero) is 1. The Bertz CT molecular complexity index is 773. The van der Waals surface area contributed by atoms with Crippen molar-refractivity contribution < 1.29 is 4.79 Å². The Kier molecular flexibility index (Phi) is 4.21. The van der Waals surface area contributed by atoms with E-state index < -0.39 is 0 Å². The molecule has 2 aromatic rings. The van der Waals surface area contributed by atoms with Gasteiger partial charge in [-0.2, -0.15) is 0 Å². The summed E-state index contributed by atoms with van der Waals surface area (Å²) < 4.78 is 0. The molecule has 118 valence electrons. The molecule has 0 saturated carbocycles. The zero-order valence-corrected chi connectivity index (χ0v) is 14.3. The van der Waals surface area contributed by atoms with Crippen LogP contribution in [0.15, 0.2) is 36.9 Å². The quantitative estimate of drug-likeness (QED) is 0.695. The molecule has 0 spiro atoms. The molecule has 0 aliphatic heterocycles. The van der Waals surface area contributed by atoms with Gasteiger partial charge in [-0.1, -0.05) is 36.4 Å². The molecule has 0 heterocycles. The van der Waals surface area contributed by atoms with Crippen LogP contribution in [0.3, 0.4) is 0 Å². The summed E-state index contributed by atoms with van der Waals surface area (Å²) in [5.74, 6) is 0.207. The van der Waals surface area contributed by atoms with Gasteiger partial charge in [0.1, 0.15) is 0 Å². The smallest absolute Gasteiger partial charge is 0.167 e. The van der Waals surface area contributed by atoms with Gasteiger partial charge in [-0.25, -0.2) is 0 Å². The van der Waals surface area contributed by atoms with E-state index in [1.807, 2.05) is 6.07 Å². The van der Waals surface area contributed by atoms with E-state index in [2.05, 4.69) is 51.6 Å². The van der Waals surface area contributed by atoms with Crippen molar-refractivity contribution in [2.45, 2.75) is 46.5 Å². The molecule has 1 heteroatoms. The number of benzene rings is 2. The van der Waals surface area contributed by atoms with Gasteiger partial charge in [0.15, 0.2) is 5.78 Å². The lowest BCUT2D eigenvalue weighted by Crippen LogP contribution is -2.09. The number of hydrogen-bond acceptors (Lipinski definition) is 1. The standard InChI is InChI=1S/C22H24O/c1-14-10-16(3)21(17(4)11-14)13-22(23)19-8-9-20-15(2)6-5-7-18(20)12-19/h8-12H,2,5-7,13H2,1,3-4H3. The van der Waals surface area contributed by atoms with Crippen molar-refractivity contribution in [1.29, 1.82) is 0 Å². The van der Waals surface area contributed by atoms with E-state index in [4.69, 9.17) is 0 Å². The SMILES string of the molecule is C=C1CCCc2cc(C(=O)Cc3c(C)cc(C)cc3C)ccc21. The third-order valence-corrected chi connectivity index (χ3v) is 4.91. The molecular formula is C22H24O. The van der Waals surface area contributed by atoms with Gasteiger partial charge in [0.2, 0.25) is 0 Å². The number of allylic oxidation sites excluding steroid dienone is 1. The Balaban J connectivity index is 1.89. The zero-order chi connectivity index (χ0) is 16.6.